The molecule has 0 aliphatic rings. The molecule has 0 N–H and O–H groups in total. The summed E-state index contributed by atoms with van der Waals surface area (Å²) in [6.07, 6.45) is 0. The molecule has 102 valence electrons. The van der Waals surface area contributed by atoms with Crippen LogP contribution in [0.4, 0.5) is 0 Å². The maximum absolute atomic E-state index is 11.5. The number of fused-ring (bicyclic) bond motifs is 1. The molecule has 0 bridgehead atoms. The normalized spacial score (nSPS) is 10.5. The Morgan fingerprint density at radius 2 is 1.95 bits per heavy atom. The maximum Gasteiger partial charge on any atom is 0.348 e. The number of methoxy groups -OCH3 is 3. The van der Waals surface area contributed by atoms with Crippen LogP contribution < -0.4 is 9.47 Å². The lowest BCUT2D eigenvalue weighted by atomic mass is 10.2. The summed E-state index contributed by atoms with van der Waals surface area (Å²) in [5, 5.41) is 0.900. The van der Waals surface area contributed by atoms with Crippen molar-refractivity contribution in [3.05, 3.63) is 23.1 Å². The fraction of sp³-hybridized carbons (Fsp3) is 0.308. The first-order valence-corrected chi connectivity index (χ1v) is 6.33. The van der Waals surface area contributed by atoms with Gasteiger partial charge in [-0.05, 0) is 17.5 Å². The Morgan fingerprint density at radius 1 is 1.16 bits per heavy atom. The fourth-order valence-electron chi connectivity index (χ4n) is 1.64. The molecule has 0 spiro atoms. The van der Waals surface area contributed by atoms with E-state index in [0.717, 1.165) is 10.1 Å². The minimum absolute atomic E-state index is 0.135. The predicted octanol–water partition coefficient (Wildman–Crippen LogP) is 2.68. The van der Waals surface area contributed by atoms with Crippen LogP contribution in [-0.2, 0) is 9.47 Å². The molecule has 6 heteroatoms. The zero-order valence-corrected chi connectivity index (χ0v) is 11.7. The smallest absolute Gasteiger partial charge is 0.348 e. The van der Waals surface area contributed by atoms with Gasteiger partial charge in [-0.2, -0.15) is 0 Å². The van der Waals surface area contributed by atoms with Crippen molar-refractivity contribution in [2.75, 3.05) is 28.1 Å². The molecule has 1 aromatic carbocycles. The highest BCUT2D eigenvalue weighted by Gasteiger charge is 2.14. The van der Waals surface area contributed by atoms with Crippen LogP contribution in [0.25, 0.3) is 10.1 Å². The van der Waals surface area contributed by atoms with Crippen molar-refractivity contribution in [1.82, 2.24) is 0 Å². The van der Waals surface area contributed by atoms with Crippen LogP contribution in [0.2, 0.25) is 0 Å². The van der Waals surface area contributed by atoms with E-state index in [1.807, 2.05) is 12.1 Å². The fourth-order valence-corrected chi connectivity index (χ4v) is 2.63. The third kappa shape index (κ3) is 2.80. The van der Waals surface area contributed by atoms with E-state index in [4.69, 9.17) is 18.9 Å². The van der Waals surface area contributed by atoms with Crippen LogP contribution in [0.15, 0.2) is 18.2 Å². The Hall–Kier alpha value is -1.79. The third-order valence-electron chi connectivity index (χ3n) is 2.52. The number of esters is 1. The van der Waals surface area contributed by atoms with E-state index >= 15 is 0 Å². The minimum Gasteiger partial charge on any atom is -0.493 e. The van der Waals surface area contributed by atoms with E-state index < -0.39 is 0 Å². The molecule has 0 fully saturated rings. The molecule has 5 nitrogen and oxygen atoms in total. The first-order chi connectivity index (χ1) is 9.19. The van der Waals surface area contributed by atoms with Gasteiger partial charge in [0.1, 0.15) is 4.88 Å². The van der Waals surface area contributed by atoms with Gasteiger partial charge in [-0.1, -0.05) is 0 Å². The van der Waals surface area contributed by atoms with Gasteiger partial charge in [0.15, 0.2) is 18.3 Å². The topological polar surface area (TPSA) is 54.0 Å². The van der Waals surface area contributed by atoms with E-state index in [1.54, 1.807) is 20.3 Å². The van der Waals surface area contributed by atoms with Gasteiger partial charge in [0.05, 0.1) is 14.2 Å². The molecule has 2 rings (SSSR count). The van der Waals surface area contributed by atoms with E-state index in [-0.39, 0.29) is 12.8 Å². The lowest BCUT2D eigenvalue weighted by molar-refractivity contribution is 0.0493. The van der Waals surface area contributed by atoms with E-state index in [9.17, 15) is 4.79 Å². The second kappa shape index (κ2) is 5.90. The summed E-state index contributed by atoms with van der Waals surface area (Å²) in [6.45, 7) is 0.135. The summed E-state index contributed by atoms with van der Waals surface area (Å²) in [5.74, 6) is 0.827. The number of hydrogen-bond donors (Lipinski definition) is 0. The highest BCUT2D eigenvalue weighted by molar-refractivity contribution is 7.20. The number of thiophene rings is 1. The van der Waals surface area contributed by atoms with Crippen molar-refractivity contribution in [3.8, 4) is 11.5 Å². The monoisotopic (exact) mass is 282 g/mol. The number of carbonyl (C=O) groups excluding carboxylic acids is 1. The molecule has 0 atom stereocenters. The average molecular weight is 282 g/mol. The van der Waals surface area contributed by atoms with Gasteiger partial charge in [-0.15, -0.1) is 11.3 Å². The number of carbonyl (C=O) groups is 1. The van der Waals surface area contributed by atoms with Gasteiger partial charge >= 0.3 is 5.97 Å². The SMILES string of the molecule is COCOc1cc2cc(C(=O)OC)sc2cc1OC. The maximum atomic E-state index is 11.5. The van der Waals surface area contributed by atoms with Crippen molar-refractivity contribution in [2.24, 2.45) is 0 Å². The molecule has 0 aliphatic carbocycles. The Kier molecular flexibility index (Phi) is 4.24. The Bertz CT molecular complexity index is 590. The Labute approximate surface area is 114 Å². The van der Waals surface area contributed by atoms with Crippen LogP contribution >= 0.6 is 11.3 Å². The predicted molar refractivity (Wildman–Crippen MR) is 72.2 cm³/mol. The second-order valence-corrected chi connectivity index (χ2v) is 4.78. The largest absolute Gasteiger partial charge is 0.493 e. The first-order valence-electron chi connectivity index (χ1n) is 5.51. The molecular formula is C13H14O5S. The molecular weight excluding hydrogens is 268 g/mol. The van der Waals surface area contributed by atoms with Gasteiger partial charge in [-0.3, -0.25) is 0 Å². The molecule has 0 unspecified atom stereocenters. The van der Waals surface area contributed by atoms with Crippen LogP contribution in [0.1, 0.15) is 9.67 Å². The standard InChI is InChI=1S/C13H14O5S/c1-15-7-18-10-4-8-5-12(13(14)17-3)19-11(8)6-9(10)16-2/h4-6H,7H2,1-3H3. The molecule has 1 aromatic heterocycles. The van der Waals surface area contributed by atoms with Crippen molar-refractivity contribution < 1.29 is 23.7 Å². The summed E-state index contributed by atoms with van der Waals surface area (Å²) < 4.78 is 21.2. The molecule has 0 aliphatic heterocycles. The molecule has 2 aromatic rings. The Morgan fingerprint density at radius 3 is 2.58 bits per heavy atom. The molecule has 0 saturated heterocycles. The van der Waals surface area contributed by atoms with E-state index in [1.165, 1.54) is 18.4 Å². The highest BCUT2D eigenvalue weighted by atomic mass is 32.1. The molecule has 0 saturated carbocycles. The van der Waals surface area contributed by atoms with Crippen molar-refractivity contribution in [3.63, 3.8) is 0 Å². The number of ether oxygens (including phenoxy) is 4. The first kappa shape index (κ1) is 13.6. The van der Waals surface area contributed by atoms with Gasteiger partial charge < -0.3 is 18.9 Å². The van der Waals surface area contributed by atoms with Gasteiger partial charge in [0.2, 0.25) is 0 Å². The van der Waals surface area contributed by atoms with Crippen LogP contribution in [0.3, 0.4) is 0 Å². The summed E-state index contributed by atoms with van der Waals surface area (Å²) in [4.78, 5) is 12.0. The molecule has 0 radical (unpaired) electrons. The highest BCUT2D eigenvalue weighted by Crippen LogP contribution is 2.36. The summed E-state index contributed by atoms with van der Waals surface area (Å²) in [6, 6.07) is 5.42. The lowest BCUT2D eigenvalue weighted by Crippen LogP contribution is -2.00. The molecule has 19 heavy (non-hydrogen) atoms. The van der Waals surface area contributed by atoms with Crippen LogP contribution in [0, 0.1) is 0 Å². The number of rotatable bonds is 5. The van der Waals surface area contributed by atoms with Crippen LogP contribution in [0.5, 0.6) is 11.5 Å². The minimum atomic E-state index is -0.348. The third-order valence-corrected chi connectivity index (χ3v) is 3.60. The Balaban J connectivity index is 2.44. The number of hydrogen-bond acceptors (Lipinski definition) is 6. The van der Waals surface area contributed by atoms with Gasteiger partial charge in [0, 0.05) is 17.9 Å². The van der Waals surface area contributed by atoms with E-state index in [2.05, 4.69) is 0 Å². The van der Waals surface area contributed by atoms with Crippen molar-refractivity contribution >= 4 is 27.4 Å². The second-order valence-electron chi connectivity index (χ2n) is 3.69. The zero-order chi connectivity index (χ0) is 13.8. The quantitative estimate of drug-likeness (QED) is 0.623. The van der Waals surface area contributed by atoms with Crippen molar-refractivity contribution in [1.29, 1.82) is 0 Å². The molecule has 0 amide bonds. The van der Waals surface area contributed by atoms with Crippen LogP contribution in [-0.4, -0.2) is 34.1 Å². The summed E-state index contributed by atoms with van der Waals surface area (Å²) in [5.41, 5.74) is 0. The average Bonchev–Trinajstić information content (AvgIpc) is 2.85. The van der Waals surface area contributed by atoms with Gasteiger partial charge in [0.25, 0.3) is 0 Å². The van der Waals surface area contributed by atoms with Crippen molar-refractivity contribution in [2.45, 2.75) is 0 Å². The summed E-state index contributed by atoms with van der Waals surface area (Å²) >= 11 is 1.35. The molecule has 1 heterocycles. The van der Waals surface area contributed by atoms with E-state index in [0.29, 0.717) is 16.4 Å². The lowest BCUT2D eigenvalue weighted by Gasteiger charge is -2.09. The van der Waals surface area contributed by atoms with Gasteiger partial charge in [-0.25, -0.2) is 4.79 Å². The zero-order valence-electron chi connectivity index (χ0n) is 10.9. The number of benzene rings is 1. The summed E-state index contributed by atoms with van der Waals surface area (Å²) in [7, 11) is 4.47.